The molecule has 1 N–H and O–H groups in total. The molecule has 0 radical (unpaired) electrons. The lowest BCUT2D eigenvalue weighted by atomic mass is 9.91. The Hall–Kier alpha value is -0.420. The summed E-state index contributed by atoms with van der Waals surface area (Å²) in [5.41, 5.74) is -0.742. The SMILES string of the molecule is CC12COC(/C=C/C3(O)CCCCCC3)(OC1)OC2. The fourth-order valence-electron chi connectivity index (χ4n) is 2.98. The monoisotopic (exact) mass is 268 g/mol. The zero-order valence-corrected chi connectivity index (χ0v) is 11.7. The Morgan fingerprint density at radius 1 is 0.842 bits per heavy atom. The van der Waals surface area contributed by atoms with Crippen molar-refractivity contribution >= 4 is 0 Å². The number of fused-ring (bicyclic) bond motifs is 3. The van der Waals surface area contributed by atoms with Crippen molar-refractivity contribution in [1.82, 2.24) is 0 Å². The van der Waals surface area contributed by atoms with Crippen LogP contribution in [0.5, 0.6) is 0 Å². The molecular weight excluding hydrogens is 244 g/mol. The van der Waals surface area contributed by atoms with Crippen molar-refractivity contribution in [1.29, 1.82) is 0 Å². The second-order valence-corrected chi connectivity index (χ2v) is 6.63. The molecule has 4 nitrogen and oxygen atoms in total. The largest absolute Gasteiger partial charge is 0.386 e. The summed E-state index contributed by atoms with van der Waals surface area (Å²) < 4.78 is 17.1. The van der Waals surface area contributed by atoms with E-state index in [4.69, 9.17) is 14.2 Å². The van der Waals surface area contributed by atoms with Gasteiger partial charge in [-0.05, 0) is 18.9 Å². The molecule has 4 fully saturated rings. The molecule has 3 heterocycles. The van der Waals surface area contributed by atoms with Crippen molar-refractivity contribution in [2.45, 2.75) is 57.0 Å². The van der Waals surface area contributed by atoms with Gasteiger partial charge in [0, 0.05) is 11.5 Å². The Bertz CT molecular complexity index is 331. The summed E-state index contributed by atoms with van der Waals surface area (Å²) >= 11 is 0. The summed E-state index contributed by atoms with van der Waals surface area (Å²) in [6.07, 6.45) is 9.83. The van der Waals surface area contributed by atoms with E-state index in [2.05, 4.69) is 6.92 Å². The molecule has 1 saturated carbocycles. The van der Waals surface area contributed by atoms with Gasteiger partial charge in [0.05, 0.1) is 25.4 Å². The number of hydrogen-bond donors (Lipinski definition) is 1. The van der Waals surface area contributed by atoms with Crippen LogP contribution in [-0.4, -0.2) is 36.5 Å². The van der Waals surface area contributed by atoms with Crippen molar-refractivity contribution < 1.29 is 19.3 Å². The Kier molecular flexibility index (Phi) is 3.46. The van der Waals surface area contributed by atoms with Crippen molar-refractivity contribution in [2.75, 3.05) is 19.8 Å². The van der Waals surface area contributed by atoms with E-state index in [9.17, 15) is 5.11 Å². The van der Waals surface area contributed by atoms with Crippen molar-refractivity contribution in [3.05, 3.63) is 12.2 Å². The fraction of sp³-hybridized carbons (Fsp3) is 0.867. The van der Waals surface area contributed by atoms with Crippen LogP contribution >= 0.6 is 0 Å². The highest BCUT2D eigenvalue weighted by Gasteiger charge is 2.49. The Labute approximate surface area is 114 Å². The summed E-state index contributed by atoms with van der Waals surface area (Å²) in [5, 5.41) is 10.6. The highest BCUT2D eigenvalue weighted by atomic mass is 16.9. The number of hydrogen-bond acceptors (Lipinski definition) is 4. The minimum atomic E-state index is -1.06. The third-order valence-electron chi connectivity index (χ3n) is 4.43. The first-order chi connectivity index (χ1) is 9.04. The van der Waals surface area contributed by atoms with E-state index in [0.29, 0.717) is 19.8 Å². The molecule has 0 atom stereocenters. The second-order valence-electron chi connectivity index (χ2n) is 6.63. The summed E-state index contributed by atoms with van der Waals surface area (Å²) in [7, 11) is 0. The molecular formula is C15H24O4. The van der Waals surface area contributed by atoms with Gasteiger partial charge in [-0.15, -0.1) is 0 Å². The normalized spacial score (nSPS) is 42.4. The minimum Gasteiger partial charge on any atom is -0.386 e. The van der Waals surface area contributed by atoms with E-state index >= 15 is 0 Å². The quantitative estimate of drug-likeness (QED) is 0.617. The maximum atomic E-state index is 10.6. The molecule has 0 unspecified atom stereocenters. The molecule has 0 aromatic heterocycles. The average Bonchev–Trinajstić information content (AvgIpc) is 2.64. The van der Waals surface area contributed by atoms with Crippen LogP contribution in [0, 0.1) is 5.41 Å². The third kappa shape index (κ3) is 2.87. The van der Waals surface area contributed by atoms with Crippen LogP contribution in [0.25, 0.3) is 0 Å². The fourth-order valence-corrected chi connectivity index (χ4v) is 2.98. The molecule has 19 heavy (non-hydrogen) atoms. The molecule has 4 aliphatic rings. The Morgan fingerprint density at radius 2 is 1.37 bits per heavy atom. The second kappa shape index (κ2) is 4.85. The molecule has 4 rings (SSSR count). The van der Waals surface area contributed by atoms with Crippen molar-refractivity contribution in [3.63, 3.8) is 0 Å². The smallest absolute Gasteiger partial charge is 0.304 e. The minimum absolute atomic E-state index is 0.0190. The highest BCUT2D eigenvalue weighted by molar-refractivity contribution is 5.07. The number of rotatable bonds is 2. The predicted molar refractivity (Wildman–Crippen MR) is 70.5 cm³/mol. The zero-order chi connectivity index (χ0) is 13.4. The molecule has 0 aromatic rings. The molecule has 1 aliphatic carbocycles. The summed E-state index contributed by atoms with van der Waals surface area (Å²) in [5.74, 6) is -1.06. The van der Waals surface area contributed by atoms with Gasteiger partial charge in [0.2, 0.25) is 0 Å². The summed E-state index contributed by atoms with van der Waals surface area (Å²) in [6, 6.07) is 0. The van der Waals surface area contributed by atoms with Gasteiger partial charge in [-0.2, -0.15) is 0 Å². The Morgan fingerprint density at radius 3 is 1.89 bits per heavy atom. The van der Waals surface area contributed by atoms with E-state index in [1.165, 1.54) is 12.8 Å². The topological polar surface area (TPSA) is 47.9 Å². The third-order valence-corrected chi connectivity index (χ3v) is 4.43. The first-order valence-corrected chi connectivity index (χ1v) is 7.38. The zero-order valence-electron chi connectivity index (χ0n) is 11.7. The van der Waals surface area contributed by atoms with Gasteiger partial charge >= 0.3 is 5.97 Å². The first-order valence-electron chi connectivity index (χ1n) is 7.38. The van der Waals surface area contributed by atoms with E-state index in [0.717, 1.165) is 25.7 Å². The van der Waals surface area contributed by atoms with Crippen LogP contribution in [0.2, 0.25) is 0 Å². The molecule has 4 heteroatoms. The van der Waals surface area contributed by atoms with E-state index in [1.807, 2.05) is 6.08 Å². The van der Waals surface area contributed by atoms with Crippen LogP contribution in [0.1, 0.15) is 45.4 Å². The lowest BCUT2D eigenvalue weighted by Gasteiger charge is -2.49. The number of aliphatic hydroxyl groups is 1. The maximum absolute atomic E-state index is 10.6. The van der Waals surface area contributed by atoms with Crippen LogP contribution in [0.15, 0.2) is 12.2 Å². The highest BCUT2D eigenvalue weighted by Crippen LogP contribution is 2.39. The van der Waals surface area contributed by atoms with Crippen LogP contribution in [-0.2, 0) is 14.2 Å². The van der Waals surface area contributed by atoms with Gasteiger partial charge in [-0.3, -0.25) is 0 Å². The van der Waals surface area contributed by atoms with Gasteiger partial charge in [-0.25, -0.2) is 0 Å². The van der Waals surface area contributed by atoms with Crippen LogP contribution in [0.3, 0.4) is 0 Å². The Balaban J connectivity index is 1.68. The molecule has 0 amide bonds. The molecule has 3 aliphatic heterocycles. The van der Waals surface area contributed by atoms with Crippen molar-refractivity contribution in [2.24, 2.45) is 5.41 Å². The predicted octanol–water partition coefficient (Wildman–Crippen LogP) is 2.37. The summed E-state index contributed by atoms with van der Waals surface area (Å²) in [6.45, 7) is 4.04. The van der Waals surface area contributed by atoms with Crippen molar-refractivity contribution in [3.8, 4) is 0 Å². The first kappa shape index (κ1) is 13.6. The van der Waals surface area contributed by atoms with Gasteiger partial charge in [-0.1, -0.05) is 32.6 Å². The maximum Gasteiger partial charge on any atom is 0.304 e. The number of ether oxygens (including phenoxy) is 3. The van der Waals surface area contributed by atoms with Crippen LogP contribution in [0.4, 0.5) is 0 Å². The average molecular weight is 268 g/mol. The molecule has 2 bridgehead atoms. The van der Waals surface area contributed by atoms with Gasteiger partial charge in [0.1, 0.15) is 0 Å². The molecule has 0 aromatic carbocycles. The van der Waals surface area contributed by atoms with Gasteiger partial charge < -0.3 is 19.3 Å². The molecule has 3 saturated heterocycles. The molecule has 0 spiro atoms. The molecule has 108 valence electrons. The van der Waals surface area contributed by atoms with E-state index < -0.39 is 11.6 Å². The lowest BCUT2D eigenvalue weighted by molar-refractivity contribution is -0.441. The lowest BCUT2D eigenvalue weighted by Crippen LogP contribution is -2.58. The van der Waals surface area contributed by atoms with E-state index in [1.54, 1.807) is 6.08 Å². The summed E-state index contributed by atoms with van der Waals surface area (Å²) in [4.78, 5) is 0. The van der Waals surface area contributed by atoms with E-state index in [-0.39, 0.29) is 5.41 Å². The van der Waals surface area contributed by atoms with Gasteiger partial charge in [0.15, 0.2) is 0 Å². The standard InChI is InChI=1S/C15H24O4/c1-13-10-17-15(18-11-13,19-12-13)9-8-14(16)6-4-2-3-5-7-14/h8-9,16H,2-7,10-12H2,1H3/b9-8+. The van der Waals surface area contributed by atoms with Gasteiger partial charge in [0.25, 0.3) is 0 Å². The van der Waals surface area contributed by atoms with Crippen LogP contribution < -0.4 is 0 Å².